The Hall–Kier alpha value is -2.18. The van der Waals surface area contributed by atoms with Crippen molar-refractivity contribution in [3.8, 4) is 5.75 Å². The van der Waals surface area contributed by atoms with E-state index >= 15 is 0 Å². The summed E-state index contributed by atoms with van der Waals surface area (Å²) >= 11 is 0. The Morgan fingerprint density at radius 2 is 2.16 bits per heavy atom. The first-order valence-electron chi connectivity index (χ1n) is 8.89. The van der Waals surface area contributed by atoms with Gasteiger partial charge in [-0.2, -0.15) is 0 Å². The third-order valence-electron chi connectivity index (χ3n) is 4.88. The number of phenols is 1. The van der Waals surface area contributed by atoms with Crippen LogP contribution in [0.15, 0.2) is 24.4 Å². The molecule has 0 spiro atoms. The Morgan fingerprint density at radius 1 is 1.32 bits per heavy atom. The lowest BCUT2D eigenvalue weighted by Gasteiger charge is -2.23. The number of imidazole rings is 1. The van der Waals surface area contributed by atoms with E-state index in [0.29, 0.717) is 24.6 Å². The van der Waals surface area contributed by atoms with E-state index in [2.05, 4.69) is 9.55 Å². The van der Waals surface area contributed by atoms with Crippen molar-refractivity contribution in [2.24, 2.45) is 5.92 Å². The number of para-hydroxylation sites is 1. The smallest absolute Gasteiger partial charge is 0.141 e. The van der Waals surface area contributed by atoms with Crippen LogP contribution in [0.1, 0.15) is 25.6 Å². The number of aromatic hydroxyl groups is 1. The Labute approximate surface area is 146 Å². The summed E-state index contributed by atoms with van der Waals surface area (Å²) in [6.07, 6.45) is 3.86. The third-order valence-corrected chi connectivity index (χ3v) is 4.88. The summed E-state index contributed by atoms with van der Waals surface area (Å²) in [7, 11) is 0. The van der Waals surface area contributed by atoms with Crippen LogP contribution in [0.4, 0.5) is 0 Å². The highest BCUT2D eigenvalue weighted by atomic mass is 16.5. The molecule has 6 nitrogen and oxygen atoms in total. The van der Waals surface area contributed by atoms with Gasteiger partial charge < -0.3 is 19.1 Å². The van der Waals surface area contributed by atoms with Crippen molar-refractivity contribution < 1.29 is 14.6 Å². The van der Waals surface area contributed by atoms with Crippen molar-refractivity contribution in [1.82, 2.24) is 14.5 Å². The molecule has 0 amide bonds. The molecular formula is C19H23N3O3. The van der Waals surface area contributed by atoms with Gasteiger partial charge in [-0.1, -0.05) is 12.1 Å². The van der Waals surface area contributed by atoms with E-state index in [-0.39, 0.29) is 5.75 Å². The van der Waals surface area contributed by atoms with E-state index in [1.54, 1.807) is 12.3 Å². The maximum Gasteiger partial charge on any atom is 0.141 e. The van der Waals surface area contributed by atoms with E-state index in [9.17, 15) is 5.11 Å². The molecule has 1 aliphatic rings. The van der Waals surface area contributed by atoms with Gasteiger partial charge in [0.1, 0.15) is 29.2 Å². The number of phenolic OH excluding ortho intramolecular Hbond substituents is 1. The van der Waals surface area contributed by atoms with Crippen LogP contribution >= 0.6 is 0 Å². The van der Waals surface area contributed by atoms with Crippen LogP contribution in [-0.4, -0.2) is 39.5 Å². The van der Waals surface area contributed by atoms with Crippen molar-refractivity contribution in [3.63, 3.8) is 0 Å². The summed E-state index contributed by atoms with van der Waals surface area (Å²) in [5.41, 5.74) is 2.49. The summed E-state index contributed by atoms with van der Waals surface area (Å²) in [5.74, 6) is 1.68. The van der Waals surface area contributed by atoms with Gasteiger partial charge >= 0.3 is 0 Å². The number of fused-ring (bicyclic) bond motifs is 3. The molecular weight excluding hydrogens is 318 g/mol. The molecule has 4 rings (SSSR count). The minimum absolute atomic E-state index is 0.199. The number of nitrogens with zero attached hydrogens (tertiary/aromatic N) is 3. The summed E-state index contributed by atoms with van der Waals surface area (Å²) in [5, 5.41) is 11.1. The molecule has 6 heteroatoms. The summed E-state index contributed by atoms with van der Waals surface area (Å²) in [6.45, 7) is 5.65. The topological polar surface area (TPSA) is 69.4 Å². The van der Waals surface area contributed by atoms with Crippen LogP contribution < -0.4 is 0 Å². The molecule has 0 saturated carbocycles. The zero-order chi connectivity index (χ0) is 17.2. The number of ether oxygens (including phenoxy) is 2. The van der Waals surface area contributed by atoms with Crippen LogP contribution in [0.5, 0.6) is 5.75 Å². The largest absolute Gasteiger partial charge is 0.506 e. The van der Waals surface area contributed by atoms with E-state index in [0.717, 1.165) is 54.8 Å². The van der Waals surface area contributed by atoms with Gasteiger partial charge in [0, 0.05) is 31.8 Å². The maximum absolute atomic E-state index is 10.2. The number of rotatable bonds is 5. The van der Waals surface area contributed by atoms with Crippen molar-refractivity contribution in [2.75, 3.05) is 19.8 Å². The second kappa shape index (κ2) is 6.98. The van der Waals surface area contributed by atoms with Gasteiger partial charge in [0.15, 0.2) is 0 Å². The van der Waals surface area contributed by atoms with Gasteiger partial charge in [0.25, 0.3) is 0 Å². The molecule has 0 bridgehead atoms. The third kappa shape index (κ3) is 3.07. The highest BCUT2D eigenvalue weighted by Crippen LogP contribution is 2.31. The standard InChI is InChI=1S/C19H23N3O3/c1-2-24-12-17-21-15-10-20-18-14(4-3-5-16(18)23)19(15)22(17)11-13-6-8-25-9-7-13/h3-5,10,13,23H,2,6-9,11-12H2,1H3. The SMILES string of the molecule is CCOCc1nc2cnc3c(O)cccc3c2n1CC1CCOCC1. The molecule has 2 aromatic heterocycles. The van der Waals surface area contributed by atoms with Crippen molar-refractivity contribution in [1.29, 1.82) is 0 Å². The van der Waals surface area contributed by atoms with Gasteiger partial charge in [-0.05, 0) is 31.7 Å². The Morgan fingerprint density at radius 3 is 2.96 bits per heavy atom. The fourth-order valence-corrected chi connectivity index (χ4v) is 3.56. The highest BCUT2D eigenvalue weighted by Gasteiger charge is 2.20. The lowest BCUT2D eigenvalue weighted by molar-refractivity contribution is 0.0603. The first-order chi connectivity index (χ1) is 12.3. The molecule has 132 valence electrons. The Kier molecular flexibility index (Phi) is 4.55. The van der Waals surface area contributed by atoms with Crippen LogP contribution in [0.3, 0.4) is 0 Å². The van der Waals surface area contributed by atoms with Crippen LogP contribution in [0.25, 0.3) is 21.9 Å². The predicted molar refractivity (Wildman–Crippen MR) is 95.6 cm³/mol. The van der Waals surface area contributed by atoms with E-state index < -0.39 is 0 Å². The van der Waals surface area contributed by atoms with Crippen LogP contribution in [0.2, 0.25) is 0 Å². The number of hydrogen-bond acceptors (Lipinski definition) is 5. The molecule has 3 heterocycles. The minimum atomic E-state index is 0.199. The molecule has 1 aromatic carbocycles. The van der Waals surface area contributed by atoms with E-state index in [4.69, 9.17) is 14.5 Å². The minimum Gasteiger partial charge on any atom is -0.506 e. The summed E-state index contributed by atoms with van der Waals surface area (Å²) in [6, 6.07) is 5.52. The van der Waals surface area contributed by atoms with Crippen molar-refractivity contribution in [3.05, 3.63) is 30.2 Å². The van der Waals surface area contributed by atoms with Crippen LogP contribution in [0, 0.1) is 5.92 Å². The molecule has 0 atom stereocenters. The fourth-order valence-electron chi connectivity index (χ4n) is 3.56. The van der Waals surface area contributed by atoms with Crippen LogP contribution in [-0.2, 0) is 22.6 Å². The zero-order valence-corrected chi connectivity index (χ0v) is 14.4. The first-order valence-corrected chi connectivity index (χ1v) is 8.89. The highest BCUT2D eigenvalue weighted by molar-refractivity contribution is 6.04. The molecule has 1 aliphatic heterocycles. The summed E-state index contributed by atoms with van der Waals surface area (Å²) in [4.78, 5) is 9.16. The van der Waals surface area contributed by atoms with Gasteiger partial charge in [-0.25, -0.2) is 9.97 Å². The monoisotopic (exact) mass is 341 g/mol. The van der Waals surface area contributed by atoms with E-state index in [1.165, 1.54) is 0 Å². The van der Waals surface area contributed by atoms with Gasteiger partial charge in [-0.15, -0.1) is 0 Å². The maximum atomic E-state index is 10.2. The second-order valence-electron chi connectivity index (χ2n) is 6.50. The first kappa shape index (κ1) is 16.3. The molecule has 0 radical (unpaired) electrons. The van der Waals surface area contributed by atoms with Gasteiger partial charge in [0.05, 0.1) is 11.7 Å². The molecule has 0 unspecified atom stereocenters. The molecule has 3 aromatic rings. The Balaban J connectivity index is 1.86. The molecule has 25 heavy (non-hydrogen) atoms. The molecule has 1 N–H and O–H groups in total. The number of benzene rings is 1. The van der Waals surface area contributed by atoms with Crippen molar-refractivity contribution in [2.45, 2.75) is 32.9 Å². The van der Waals surface area contributed by atoms with E-state index in [1.807, 2.05) is 19.1 Å². The van der Waals surface area contributed by atoms with Gasteiger partial charge in [0.2, 0.25) is 0 Å². The normalized spacial score (nSPS) is 16.0. The molecule has 1 fully saturated rings. The number of hydrogen-bond donors (Lipinski definition) is 1. The van der Waals surface area contributed by atoms with Crippen molar-refractivity contribution >= 4 is 21.9 Å². The zero-order valence-electron chi connectivity index (χ0n) is 14.4. The molecule has 0 aliphatic carbocycles. The molecule has 1 saturated heterocycles. The number of pyridine rings is 1. The number of aromatic nitrogens is 3. The average Bonchev–Trinajstić information content (AvgIpc) is 2.99. The quantitative estimate of drug-likeness (QED) is 0.771. The fraction of sp³-hybridized carbons (Fsp3) is 0.474. The predicted octanol–water partition coefficient (Wildman–Crippen LogP) is 3.25. The average molecular weight is 341 g/mol. The summed E-state index contributed by atoms with van der Waals surface area (Å²) < 4.78 is 13.4. The van der Waals surface area contributed by atoms with Gasteiger partial charge in [-0.3, -0.25) is 0 Å². The second-order valence-corrected chi connectivity index (χ2v) is 6.50. The lowest BCUT2D eigenvalue weighted by atomic mass is 10.00. The lowest BCUT2D eigenvalue weighted by Crippen LogP contribution is -2.21. The Bertz CT molecular complexity index is 884.